The second kappa shape index (κ2) is 8.21. The summed E-state index contributed by atoms with van der Waals surface area (Å²) < 4.78 is 10.6. The van der Waals surface area contributed by atoms with Gasteiger partial charge in [0.05, 0.1) is 6.54 Å². The largest absolute Gasteiger partial charge is 0.443 e. The molecule has 7 heteroatoms. The first-order chi connectivity index (χ1) is 11.8. The van der Waals surface area contributed by atoms with Crippen LogP contribution in [0.15, 0.2) is 24.3 Å². The summed E-state index contributed by atoms with van der Waals surface area (Å²) >= 11 is 0. The zero-order valence-corrected chi connectivity index (χ0v) is 16.5. The molecule has 7 nitrogen and oxygen atoms in total. The first-order valence-corrected chi connectivity index (χ1v) is 8.37. The lowest BCUT2D eigenvalue weighted by Gasteiger charge is -2.28. The molecule has 0 aliphatic carbocycles. The van der Waals surface area contributed by atoms with Crippen molar-refractivity contribution in [2.24, 2.45) is 0 Å². The Hall–Kier alpha value is -2.57. The first kappa shape index (κ1) is 21.5. The van der Waals surface area contributed by atoms with Crippen LogP contribution < -0.4 is 5.32 Å². The van der Waals surface area contributed by atoms with E-state index in [0.29, 0.717) is 11.3 Å². The molecule has 0 atom stereocenters. The van der Waals surface area contributed by atoms with Gasteiger partial charge in [0, 0.05) is 12.6 Å². The van der Waals surface area contributed by atoms with E-state index in [1.807, 2.05) is 0 Å². The maximum atomic E-state index is 12.5. The number of hydrogen-bond donors (Lipinski definition) is 1. The maximum Gasteiger partial charge on any atom is 0.420 e. The number of anilines is 1. The van der Waals surface area contributed by atoms with Crippen LogP contribution in [0.3, 0.4) is 0 Å². The molecule has 0 saturated heterocycles. The van der Waals surface area contributed by atoms with Gasteiger partial charge >= 0.3 is 12.2 Å². The van der Waals surface area contributed by atoms with Gasteiger partial charge in [-0.3, -0.25) is 4.79 Å². The van der Waals surface area contributed by atoms with E-state index in [9.17, 15) is 14.4 Å². The summed E-state index contributed by atoms with van der Waals surface area (Å²) in [6, 6.07) is 6.87. The van der Waals surface area contributed by atoms with E-state index in [4.69, 9.17) is 9.47 Å². The Bertz CT molecular complexity index is 643. The van der Waals surface area contributed by atoms with Gasteiger partial charge in [-0.05, 0) is 59.2 Å². The van der Waals surface area contributed by atoms with Gasteiger partial charge in [-0.2, -0.15) is 0 Å². The SMILES string of the molecule is CC(=O)Nc1cccc(CN(C(=O)OC(C)(C)C)C(=O)OC(C)(C)C)c1. The lowest BCUT2D eigenvalue weighted by Crippen LogP contribution is -2.43. The molecular weight excluding hydrogens is 336 g/mol. The van der Waals surface area contributed by atoms with Gasteiger partial charge in [0.1, 0.15) is 11.2 Å². The number of rotatable bonds is 3. The third kappa shape index (κ3) is 8.00. The molecule has 0 aliphatic rings. The minimum Gasteiger partial charge on any atom is -0.443 e. The first-order valence-electron chi connectivity index (χ1n) is 8.37. The van der Waals surface area contributed by atoms with Crippen LogP contribution in [0.5, 0.6) is 0 Å². The van der Waals surface area contributed by atoms with Gasteiger partial charge in [-0.25, -0.2) is 14.5 Å². The molecule has 0 unspecified atom stereocenters. The predicted octanol–water partition coefficient (Wildman–Crippen LogP) is 4.32. The second-order valence-corrected chi connectivity index (χ2v) is 7.93. The highest BCUT2D eigenvalue weighted by atomic mass is 16.6. The summed E-state index contributed by atoms with van der Waals surface area (Å²) in [5.41, 5.74) is -0.290. The van der Waals surface area contributed by atoms with E-state index in [1.54, 1.807) is 65.8 Å². The molecule has 0 aromatic heterocycles. The number of hydrogen-bond acceptors (Lipinski definition) is 5. The van der Waals surface area contributed by atoms with Crippen LogP contribution in [-0.4, -0.2) is 34.2 Å². The van der Waals surface area contributed by atoms with Gasteiger partial charge in [-0.15, -0.1) is 0 Å². The fourth-order valence-electron chi connectivity index (χ4n) is 1.97. The van der Waals surface area contributed by atoms with Crippen molar-refractivity contribution >= 4 is 23.8 Å². The van der Waals surface area contributed by atoms with E-state index < -0.39 is 23.4 Å². The predicted molar refractivity (Wildman–Crippen MR) is 98.8 cm³/mol. The summed E-state index contributed by atoms with van der Waals surface area (Å²) in [6.07, 6.45) is -1.59. The lowest BCUT2D eigenvalue weighted by atomic mass is 10.2. The van der Waals surface area contributed by atoms with Crippen molar-refractivity contribution in [1.82, 2.24) is 4.90 Å². The Kier molecular flexibility index (Phi) is 6.78. The molecule has 0 saturated carbocycles. The molecule has 26 heavy (non-hydrogen) atoms. The maximum absolute atomic E-state index is 12.5. The fraction of sp³-hybridized carbons (Fsp3) is 0.526. The molecule has 144 valence electrons. The third-order valence-electron chi connectivity index (χ3n) is 2.82. The Morgan fingerprint density at radius 1 is 0.962 bits per heavy atom. The molecule has 1 rings (SSSR count). The molecule has 0 heterocycles. The molecule has 0 radical (unpaired) electrons. The minimum absolute atomic E-state index is 0.0444. The fourth-order valence-corrected chi connectivity index (χ4v) is 1.97. The number of nitrogens with zero attached hydrogens (tertiary/aromatic N) is 1. The normalized spacial score (nSPS) is 11.5. The number of amides is 3. The Morgan fingerprint density at radius 3 is 1.88 bits per heavy atom. The molecule has 0 spiro atoms. The van der Waals surface area contributed by atoms with Crippen LogP contribution in [-0.2, 0) is 20.8 Å². The number of carbonyl (C=O) groups is 3. The highest BCUT2D eigenvalue weighted by Crippen LogP contribution is 2.18. The quantitative estimate of drug-likeness (QED) is 0.863. The summed E-state index contributed by atoms with van der Waals surface area (Å²) in [5.74, 6) is -0.210. The van der Waals surface area contributed by atoms with Gasteiger partial charge in [0.25, 0.3) is 0 Å². The molecule has 1 aromatic carbocycles. The molecule has 1 N–H and O–H groups in total. The van der Waals surface area contributed by atoms with E-state index in [0.717, 1.165) is 4.90 Å². The van der Waals surface area contributed by atoms with E-state index in [-0.39, 0.29) is 12.5 Å². The van der Waals surface area contributed by atoms with Crippen LogP contribution in [0.1, 0.15) is 54.0 Å². The summed E-state index contributed by atoms with van der Waals surface area (Å²) in [4.78, 5) is 37.1. The lowest BCUT2D eigenvalue weighted by molar-refractivity contribution is -0.114. The zero-order chi connectivity index (χ0) is 20.1. The van der Waals surface area contributed by atoms with Gasteiger partial charge in [0.15, 0.2) is 0 Å². The van der Waals surface area contributed by atoms with Crippen LogP contribution in [0.25, 0.3) is 0 Å². The van der Waals surface area contributed by atoms with Crippen LogP contribution in [0, 0.1) is 0 Å². The number of benzene rings is 1. The number of nitrogens with one attached hydrogen (secondary N) is 1. The number of imide groups is 1. The standard InChI is InChI=1S/C19H28N2O5/c1-13(22)20-15-10-8-9-14(11-15)12-21(16(23)25-18(2,3)4)17(24)26-19(5,6)7/h8-11H,12H2,1-7H3,(H,20,22). The molecule has 0 bridgehead atoms. The average molecular weight is 364 g/mol. The summed E-state index contributed by atoms with van der Waals surface area (Å²) in [6.45, 7) is 11.7. The molecule has 3 amide bonds. The van der Waals surface area contributed by atoms with Crippen molar-refractivity contribution in [3.05, 3.63) is 29.8 Å². The van der Waals surface area contributed by atoms with Crippen molar-refractivity contribution in [3.8, 4) is 0 Å². The van der Waals surface area contributed by atoms with Crippen molar-refractivity contribution in [3.63, 3.8) is 0 Å². The van der Waals surface area contributed by atoms with Gasteiger partial charge < -0.3 is 14.8 Å². The van der Waals surface area contributed by atoms with Crippen LogP contribution in [0.4, 0.5) is 15.3 Å². The second-order valence-electron chi connectivity index (χ2n) is 7.93. The van der Waals surface area contributed by atoms with Crippen molar-refractivity contribution in [1.29, 1.82) is 0 Å². The number of carbonyl (C=O) groups excluding carboxylic acids is 3. The Labute approximate surface area is 154 Å². The highest BCUT2D eigenvalue weighted by molar-refractivity contribution is 5.89. The molecule has 0 aliphatic heterocycles. The molecular formula is C19H28N2O5. The van der Waals surface area contributed by atoms with Crippen LogP contribution in [0.2, 0.25) is 0 Å². The Balaban J connectivity index is 3.06. The van der Waals surface area contributed by atoms with E-state index in [2.05, 4.69) is 5.32 Å². The topological polar surface area (TPSA) is 84.9 Å². The summed E-state index contributed by atoms with van der Waals surface area (Å²) in [7, 11) is 0. The van der Waals surface area contributed by atoms with Gasteiger partial charge in [-0.1, -0.05) is 12.1 Å². The van der Waals surface area contributed by atoms with Crippen LogP contribution >= 0.6 is 0 Å². The Morgan fingerprint density at radius 2 is 1.46 bits per heavy atom. The van der Waals surface area contributed by atoms with E-state index >= 15 is 0 Å². The van der Waals surface area contributed by atoms with Crippen molar-refractivity contribution < 1.29 is 23.9 Å². The zero-order valence-electron chi connectivity index (χ0n) is 16.5. The third-order valence-corrected chi connectivity index (χ3v) is 2.82. The summed E-state index contributed by atoms with van der Waals surface area (Å²) in [5, 5.41) is 2.66. The highest BCUT2D eigenvalue weighted by Gasteiger charge is 2.31. The van der Waals surface area contributed by atoms with Crippen molar-refractivity contribution in [2.45, 2.75) is 66.2 Å². The van der Waals surface area contributed by atoms with Crippen molar-refractivity contribution in [2.75, 3.05) is 5.32 Å². The van der Waals surface area contributed by atoms with Gasteiger partial charge in [0.2, 0.25) is 5.91 Å². The number of ether oxygens (including phenoxy) is 2. The van der Waals surface area contributed by atoms with E-state index in [1.165, 1.54) is 6.92 Å². The smallest absolute Gasteiger partial charge is 0.420 e. The minimum atomic E-state index is -0.795. The molecule has 1 aromatic rings. The monoisotopic (exact) mass is 364 g/mol. The average Bonchev–Trinajstić information content (AvgIpc) is 2.40. The molecule has 0 fully saturated rings.